The van der Waals surface area contributed by atoms with Crippen LogP contribution in [0.3, 0.4) is 0 Å². The van der Waals surface area contributed by atoms with Gasteiger partial charge in [0.05, 0.1) is 0 Å². The lowest BCUT2D eigenvalue weighted by Gasteiger charge is -2.44. The molecule has 1 fully saturated rings. The van der Waals surface area contributed by atoms with Gasteiger partial charge in [0.25, 0.3) is 0 Å². The third-order valence-corrected chi connectivity index (χ3v) is 3.34. The van der Waals surface area contributed by atoms with Crippen molar-refractivity contribution >= 4 is 12.6 Å². The molecule has 0 aromatic rings. The van der Waals surface area contributed by atoms with E-state index in [0.717, 1.165) is 12.3 Å². The van der Waals surface area contributed by atoms with Crippen LogP contribution in [0.1, 0.15) is 27.2 Å². The molecule has 1 rings (SSSR count). The first kappa shape index (κ1) is 12.3. The number of piperazine rings is 1. The summed E-state index contributed by atoms with van der Waals surface area (Å²) in [4.78, 5) is 5.17. The number of rotatable bonds is 4. The molecular formula is C11H24N2S. The van der Waals surface area contributed by atoms with E-state index in [9.17, 15) is 0 Å². The molecule has 2 atom stereocenters. The van der Waals surface area contributed by atoms with Crippen molar-refractivity contribution in [2.45, 2.75) is 39.3 Å². The second-order valence-electron chi connectivity index (χ2n) is 4.41. The molecule has 0 aromatic carbocycles. The van der Waals surface area contributed by atoms with E-state index in [0.29, 0.717) is 12.1 Å². The zero-order valence-corrected chi connectivity index (χ0v) is 10.6. The molecule has 84 valence electrons. The Hall–Kier alpha value is 0.270. The van der Waals surface area contributed by atoms with Crippen molar-refractivity contribution in [2.75, 3.05) is 31.9 Å². The number of hydrogen-bond donors (Lipinski definition) is 1. The molecule has 14 heavy (non-hydrogen) atoms. The first-order chi connectivity index (χ1) is 6.69. The molecule has 0 N–H and O–H groups in total. The standard InChI is InChI=1S/C11H24N2S/c1-4-5-12-8-11(3)13(6-7-14)9-10(12)2/h10-11,14H,4-9H2,1-3H3. The molecule has 3 heteroatoms. The summed E-state index contributed by atoms with van der Waals surface area (Å²) < 4.78 is 0. The van der Waals surface area contributed by atoms with Gasteiger partial charge in [-0.3, -0.25) is 9.80 Å². The van der Waals surface area contributed by atoms with Crippen LogP contribution < -0.4 is 0 Å². The van der Waals surface area contributed by atoms with Crippen molar-refractivity contribution in [2.24, 2.45) is 0 Å². The predicted octanol–water partition coefficient (Wildman–Crippen LogP) is 1.72. The first-order valence-electron chi connectivity index (χ1n) is 5.78. The van der Waals surface area contributed by atoms with Gasteiger partial charge in [0.1, 0.15) is 0 Å². The van der Waals surface area contributed by atoms with Gasteiger partial charge in [-0.15, -0.1) is 0 Å². The lowest BCUT2D eigenvalue weighted by atomic mass is 10.1. The second-order valence-corrected chi connectivity index (χ2v) is 4.86. The lowest BCUT2D eigenvalue weighted by molar-refractivity contribution is 0.0473. The highest BCUT2D eigenvalue weighted by Gasteiger charge is 2.27. The molecule has 0 radical (unpaired) electrons. The highest BCUT2D eigenvalue weighted by atomic mass is 32.1. The molecule has 1 heterocycles. The summed E-state index contributed by atoms with van der Waals surface area (Å²) in [6, 6.07) is 1.41. The van der Waals surface area contributed by atoms with E-state index in [1.807, 2.05) is 0 Å². The summed E-state index contributed by atoms with van der Waals surface area (Å²) in [6.07, 6.45) is 1.27. The first-order valence-corrected chi connectivity index (χ1v) is 6.41. The van der Waals surface area contributed by atoms with Crippen molar-refractivity contribution in [1.82, 2.24) is 9.80 Å². The van der Waals surface area contributed by atoms with E-state index in [1.54, 1.807) is 0 Å². The van der Waals surface area contributed by atoms with Gasteiger partial charge in [-0.05, 0) is 26.8 Å². The highest BCUT2D eigenvalue weighted by molar-refractivity contribution is 7.80. The topological polar surface area (TPSA) is 6.48 Å². The quantitative estimate of drug-likeness (QED) is 0.715. The minimum atomic E-state index is 0.699. The van der Waals surface area contributed by atoms with Crippen LogP contribution in [-0.2, 0) is 0 Å². The molecule has 0 spiro atoms. The second kappa shape index (κ2) is 5.99. The molecule has 1 aliphatic rings. The van der Waals surface area contributed by atoms with Gasteiger partial charge in [-0.2, -0.15) is 12.6 Å². The van der Waals surface area contributed by atoms with E-state index < -0.39 is 0 Å². The van der Waals surface area contributed by atoms with Crippen molar-refractivity contribution < 1.29 is 0 Å². The van der Waals surface area contributed by atoms with Gasteiger partial charge in [0, 0.05) is 37.5 Å². The Morgan fingerprint density at radius 3 is 2.00 bits per heavy atom. The van der Waals surface area contributed by atoms with Crippen molar-refractivity contribution in [3.05, 3.63) is 0 Å². The molecule has 0 saturated carbocycles. The Morgan fingerprint density at radius 2 is 1.57 bits per heavy atom. The van der Waals surface area contributed by atoms with Gasteiger partial charge < -0.3 is 0 Å². The average Bonchev–Trinajstić information content (AvgIpc) is 2.14. The van der Waals surface area contributed by atoms with E-state index in [-0.39, 0.29) is 0 Å². The van der Waals surface area contributed by atoms with E-state index in [2.05, 4.69) is 43.2 Å². The Balaban J connectivity index is 2.44. The zero-order chi connectivity index (χ0) is 10.6. The van der Waals surface area contributed by atoms with Gasteiger partial charge in [-0.25, -0.2) is 0 Å². The third-order valence-electron chi connectivity index (χ3n) is 3.14. The minimum absolute atomic E-state index is 0.699. The van der Waals surface area contributed by atoms with Crippen LogP contribution in [0.15, 0.2) is 0 Å². The Bertz CT molecular complexity index is 145. The molecule has 1 aliphatic heterocycles. The van der Waals surface area contributed by atoms with E-state index in [4.69, 9.17) is 0 Å². The van der Waals surface area contributed by atoms with Crippen LogP contribution in [0.25, 0.3) is 0 Å². The minimum Gasteiger partial charge on any atom is -0.298 e. The van der Waals surface area contributed by atoms with Crippen molar-refractivity contribution in [1.29, 1.82) is 0 Å². The smallest absolute Gasteiger partial charge is 0.0196 e. The Labute approximate surface area is 94.1 Å². The maximum Gasteiger partial charge on any atom is 0.0196 e. The van der Waals surface area contributed by atoms with Crippen LogP contribution in [0, 0.1) is 0 Å². The van der Waals surface area contributed by atoms with Crippen molar-refractivity contribution in [3.8, 4) is 0 Å². The van der Waals surface area contributed by atoms with Crippen LogP contribution in [0.2, 0.25) is 0 Å². The van der Waals surface area contributed by atoms with E-state index in [1.165, 1.54) is 26.1 Å². The Kier molecular flexibility index (Phi) is 5.28. The van der Waals surface area contributed by atoms with Gasteiger partial charge in [0.2, 0.25) is 0 Å². The molecule has 0 bridgehead atoms. The summed E-state index contributed by atoms with van der Waals surface area (Å²) in [5.41, 5.74) is 0. The largest absolute Gasteiger partial charge is 0.298 e. The van der Waals surface area contributed by atoms with Gasteiger partial charge in [0.15, 0.2) is 0 Å². The molecule has 2 unspecified atom stereocenters. The third kappa shape index (κ3) is 3.14. The fourth-order valence-electron chi connectivity index (χ4n) is 2.31. The molecule has 0 aromatic heterocycles. The number of hydrogen-bond acceptors (Lipinski definition) is 3. The molecule has 2 nitrogen and oxygen atoms in total. The predicted molar refractivity (Wildman–Crippen MR) is 66.2 cm³/mol. The molecule has 0 amide bonds. The summed E-state index contributed by atoms with van der Waals surface area (Å²) in [5.74, 6) is 0.977. The number of thiol groups is 1. The van der Waals surface area contributed by atoms with E-state index >= 15 is 0 Å². The van der Waals surface area contributed by atoms with Crippen LogP contribution in [0.4, 0.5) is 0 Å². The summed E-state index contributed by atoms with van der Waals surface area (Å²) in [7, 11) is 0. The fourth-order valence-corrected chi connectivity index (χ4v) is 2.57. The molecule has 0 aliphatic carbocycles. The Morgan fingerprint density at radius 1 is 1.07 bits per heavy atom. The van der Waals surface area contributed by atoms with Gasteiger partial charge >= 0.3 is 0 Å². The lowest BCUT2D eigenvalue weighted by Crippen LogP contribution is -2.56. The SMILES string of the molecule is CCCN1CC(C)N(CCS)CC1C. The number of nitrogens with zero attached hydrogens (tertiary/aromatic N) is 2. The highest BCUT2D eigenvalue weighted by Crippen LogP contribution is 2.15. The normalized spacial score (nSPS) is 30.9. The fraction of sp³-hybridized carbons (Fsp3) is 1.00. The van der Waals surface area contributed by atoms with Crippen LogP contribution in [0.5, 0.6) is 0 Å². The van der Waals surface area contributed by atoms with Gasteiger partial charge in [-0.1, -0.05) is 6.92 Å². The van der Waals surface area contributed by atoms with Crippen LogP contribution >= 0.6 is 12.6 Å². The average molecular weight is 216 g/mol. The molecule has 1 saturated heterocycles. The summed E-state index contributed by atoms with van der Waals surface area (Å²) >= 11 is 4.31. The van der Waals surface area contributed by atoms with Crippen LogP contribution in [-0.4, -0.2) is 53.8 Å². The summed E-state index contributed by atoms with van der Waals surface area (Å²) in [5, 5.41) is 0. The molecular weight excluding hydrogens is 192 g/mol. The maximum atomic E-state index is 4.31. The zero-order valence-electron chi connectivity index (χ0n) is 9.74. The summed E-state index contributed by atoms with van der Waals surface area (Å²) in [6.45, 7) is 11.8. The monoisotopic (exact) mass is 216 g/mol. The maximum absolute atomic E-state index is 4.31. The van der Waals surface area contributed by atoms with Crippen molar-refractivity contribution in [3.63, 3.8) is 0 Å².